The summed E-state index contributed by atoms with van der Waals surface area (Å²) in [5, 5.41) is 20.9. The van der Waals surface area contributed by atoms with Crippen molar-refractivity contribution in [2.45, 2.75) is 38.4 Å². The Kier molecular flexibility index (Phi) is 5.32. The summed E-state index contributed by atoms with van der Waals surface area (Å²) in [5.41, 5.74) is -0.856. The summed E-state index contributed by atoms with van der Waals surface area (Å²) in [7, 11) is 0. The van der Waals surface area contributed by atoms with Crippen molar-refractivity contribution in [1.82, 2.24) is 9.55 Å². The number of aromatic nitrogens is 2. The van der Waals surface area contributed by atoms with E-state index < -0.39 is 54.6 Å². The SMILES string of the molecule is C=C1[C@H](n2cc(F)c(NC(=O)OC(C)C)nc2=O)O[C@H](CO)[C@H]1O. The molecule has 1 aromatic heterocycles. The van der Waals surface area contributed by atoms with Crippen LogP contribution in [0.2, 0.25) is 0 Å². The van der Waals surface area contributed by atoms with Gasteiger partial charge >= 0.3 is 11.8 Å². The summed E-state index contributed by atoms with van der Waals surface area (Å²) < 4.78 is 24.9. The molecule has 0 saturated carbocycles. The highest BCUT2D eigenvalue weighted by atomic mass is 19.1. The monoisotopic (exact) mass is 343 g/mol. The van der Waals surface area contributed by atoms with E-state index >= 15 is 0 Å². The molecule has 1 saturated heterocycles. The van der Waals surface area contributed by atoms with Crippen LogP contribution in [0, 0.1) is 5.82 Å². The number of carbonyl (C=O) groups excluding carboxylic acids is 1. The van der Waals surface area contributed by atoms with Crippen LogP contribution in [0.1, 0.15) is 20.1 Å². The molecule has 0 aliphatic carbocycles. The first-order valence-electron chi connectivity index (χ1n) is 7.14. The molecule has 10 heteroatoms. The van der Waals surface area contributed by atoms with E-state index in [-0.39, 0.29) is 5.57 Å². The molecule has 3 N–H and O–H groups in total. The van der Waals surface area contributed by atoms with Gasteiger partial charge in [0.15, 0.2) is 17.9 Å². The van der Waals surface area contributed by atoms with Gasteiger partial charge in [0.25, 0.3) is 0 Å². The summed E-state index contributed by atoms with van der Waals surface area (Å²) in [6.45, 7) is 6.29. The molecule has 24 heavy (non-hydrogen) atoms. The summed E-state index contributed by atoms with van der Waals surface area (Å²) in [6.07, 6.45) is -3.97. The molecule has 0 spiro atoms. The zero-order valence-corrected chi connectivity index (χ0v) is 13.1. The van der Waals surface area contributed by atoms with Crippen molar-refractivity contribution in [2.75, 3.05) is 11.9 Å². The molecule has 1 aliphatic heterocycles. The molecule has 9 nitrogen and oxygen atoms in total. The smallest absolute Gasteiger partial charge is 0.413 e. The molecular formula is C14H18FN3O6. The highest BCUT2D eigenvalue weighted by Crippen LogP contribution is 2.32. The Balaban J connectivity index is 2.26. The van der Waals surface area contributed by atoms with E-state index in [1.54, 1.807) is 13.8 Å². The van der Waals surface area contributed by atoms with Crippen molar-refractivity contribution < 1.29 is 28.9 Å². The summed E-state index contributed by atoms with van der Waals surface area (Å²) >= 11 is 0. The molecule has 0 bridgehead atoms. The number of amides is 1. The second kappa shape index (κ2) is 7.07. The van der Waals surface area contributed by atoms with Crippen molar-refractivity contribution in [1.29, 1.82) is 0 Å². The quantitative estimate of drug-likeness (QED) is 0.665. The van der Waals surface area contributed by atoms with Gasteiger partial charge in [-0.05, 0) is 13.8 Å². The van der Waals surface area contributed by atoms with E-state index in [0.717, 1.165) is 10.8 Å². The van der Waals surface area contributed by atoms with E-state index in [2.05, 4.69) is 11.6 Å². The number of rotatable bonds is 4. The van der Waals surface area contributed by atoms with Crippen LogP contribution in [0.3, 0.4) is 0 Å². The third kappa shape index (κ3) is 3.61. The van der Waals surface area contributed by atoms with E-state index in [4.69, 9.17) is 14.6 Å². The molecule has 1 aliphatic rings. The average molecular weight is 343 g/mol. The van der Waals surface area contributed by atoms with Crippen LogP contribution in [0.15, 0.2) is 23.1 Å². The van der Waals surface area contributed by atoms with Crippen LogP contribution in [0.4, 0.5) is 15.0 Å². The van der Waals surface area contributed by atoms with E-state index in [0.29, 0.717) is 0 Å². The zero-order valence-electron chi connectivity index (χ0n) is 13.1. The van der Waals surface area contributed by atoms with E-state index in [1.165, 1.54) is 0 Å². The maximum Gasteiger partial charge on any atom is 0.413 e. The number of halogens is 1. The van der Waals surface area contributed by atoms with Crippen molar-refractivity contribution in [2.24, 2.45) is 0 Å². The maximum atomic E-state index is 14.1. The number of ether oxygens (including phenoxy) is 2. The minimum Gasteiger partial charge on any atom is -0.447 e. The Morgan fingerprint density at radius 3 is 2.83 bits per heavy atom. The number of aliphatic hydroxyl groups excluding tert-OH is 2. The number of nitrogens with one attached hydrogen (secondary N) is 1. The van der Waals surface area contributed by atoms with Crippen LogP contribution in [-0.2, 0) is 9.47 Å². The van der Waals surface area contributed by atoms with Gasteiger partial charge < -0.3 is 19.7 Å². The molecule has 1 fully saturated rings. The lowest BCUT2D eigenvalue weighted by Gasteiger charge is -2.16. The van der Waals surface area contributed by atoms with E-state index in [1.807, 2.05) is 5.32 Å². The Morgan fingerprint density at radius 2 is 2.29 bits per heavy atom. The molecule has 0 unspecified atom stereocenters. The van der Waals surface area contributed by atoms with Gasteiger partial charge in [0.2, 0.25) is 0 Å². The predicted octanol–water partition coefficient (Wildman–Crippen LogP) is 0.146. The minimum atomic E-state index is -1.20. The van der Waals surface area contributed by atoms with Gasteiger partial charge in [0.05, 0.1) is 18.9 Å². The lowest BCUT2D eigenvalue weighted by atomic mass is 10.1. The normalized spacial score (nSPS) is 23.6. The fourth-order valence-corrected chi connectivity index (χ4v) is 2.14. The first-order valence-corrected chi connectivity index (χ1v) is 7.14. The van der Waals surface area contributed by atoms with Crippen LogP contribution in [0.5, 0.6) is 0 Å². The third-order valence-corrected chi connectivity index (χ3v) is 3.26. The fourth-order valence-electron chi connectivity index (χ4n) is 2.14. The predicted molar refractivity (Wildman–Crippen MR) is 79.8 cm³/mol. The molecule has 1 aromatic rings. The number of nitrogens with zero attached hydrogens (tertiary/aromatic N) is 2. The molecule has 3 atom stereocenters. The first kappa shape index (κ1) is 18.0. The molecule has 2 rings (SSSR count). The number of hydrogen-bond acceptors (Lipinski definition) is 7. The highest BCUT2D eigenvalue weighted by Gasteiger charge is 2.39. The van der Waals surface area contributed by atoms with Gasteiger partial charge in [0.1, 0.15) is 12.2 Å². The Morgan fingerprint density at radius 1 is 1.62 bits per heavy atom. The first-order chi connectivity index (χ1) is 11.2. The average Bonchev–Trinajstić information content (AvgIpc) is 2.77. The molecule has 0 radical (unpaired) electrons. The van der Waals surface area contributed by atoms with Gasteiger partial charge in [-0.3, -0.25) is 9.88 Å². The van der Waals surface area contributed by atoms with Gasteiger partial charge in [0, 0.05) is 5.57 Å². The second-order valence-corrected chi connectivity index (χ2v) is 5.44. The van der Waals surface area contributed by atoms with Gasteiger partial charge in [-0.15, -0.1) is 0 Å². The molecule has 0 aromatic carbocycles. The van der Waals surface area contributed by atoms with Crippen molar-refractivity contribution in [3.63, 3.8) is 0 Å². The summed E-state index contributed by atoms with van der Waals surface area (Å²) in [6, 6.07) is 0. The lowest BCUT2D eigenvalue weighted by Crippen LogP contribution is -2.30. The minimum absolute atomic E-state index is 0.0808. The molecule has 2 heterocycles. The Hall–Kier alpha value is -2.30. The van der Waals surface area contributed by atoms with Crippen molar-refractivity contribution in [3.05, 3.63) is 34.7 Å². The molecule has 132 valence electrons. The highest BCUT2D eigenvalue weighted by molar-refractivity contribution is 5.83. The van der Waals surface area contributed by atoms with Crippen LogP contribution in [0.25, 0.3) is 0 Å². The van der Waals surface area contributed by atoms with Crippen molar-refractivity contribution in [3.8, 4) is 0 Å². The topological polar surface area (TPSA) is 123 Å². The molecular weight excluding hydrogens is 325 g/mol. The van der Waals surface area contributed by atoms with Gasteiger partial charge in [-0.2, -0.15) is 4.98 Å². The fraction of sp³-hybridized carbons (Fsp3) is 0.500. The number of anilines is 1. The Labute approximate surface area is 136 Å². The van der Waals surface area contributed by atoms with Gasteiger partial charge in [-0.25, -0.2) is 14.0 Å². The second-order valence-electron chi connectivity index (χ2n) is 5.44. The standard InChI is InChI=1S/C14H18FN3O6/c1-6(2)23-14(22)17-11-8(15)4-18(13(21)16-11)12-7(3)10(20)9(5-19)24-12/h4,6,9-10,12,19-20H,3,5H2,1-2H3,(H,16,17,21,22)/t9-,10+,12-/m1/s1. The molecule has 1 amide bonds. The lowest BCUT2D eigenvalue weighted by molar-refractivity contribution is -0.0449. The summed E-state index contributed by atoms with van der Waals surface area (Å²) in [5.74, 6) is -1.60. The van der Waals surface area contributed by atoms with Crippen LogP contribution < -0.4 is 11.0 Å². The zero-order chi connectivity index (χ0) is 18.0. The van der Waals surface area contributed by atoms with Crippen molar-refractivity contribution >= 4 is 11.9 Å². The number of aliphatic hydroxyl groups is 2. The van der Waals surface area contributed by atoms with E-state index in [9.17, 15) is 19.1 Å². The summed E-state index contributed by atoms with van der Waals surface area (Å²) in [4.78, 5) is 26.9. The third-order valence-electron chi connectivity index (χ3n) is 3.26. The number of carbonyl (C=O) groups is 1. The largest absolute Gasteiger partial charge is 0.447 e. The van der Waals surface area contributed by atoms with Crippen LogP contribution in [-0.4, -0.2) is 50.8 Å². The van der Waals surface area contributed by atoms with Gasteiger partial charge in [-0.1, -0.05) is 6.58 Å². The van der Waals surface area contributed by atoms with Crippen LogP contribution >= 0.6 is 0 Å². The Bertz CT molecular complexity index is 704. The maximum absolute atomic E-state index is 14.1. The number of hydrogen-bond donors (Lipinski definition) is 3.